The molecule has 2 rings (SSSR count). The van der Waals surface area contributed by atoms with E-state index in [-0.39, 0.29) is 17.3 Å². The third-order valence-corrected chi connectivity index (χ3v) is 3.12. The summed E-state index contributed by atoms with van der Waals surface area (Å²) in [6.07, 6.45) is -0.276. The first-order valence-corrected chi connectivity index (χ1v) is 6.60. The van der Waals surface area contributed by atoms with Gasteiger partial charge in [0.2, 0.25) is 5.82 Å². The molecule has 1 aromatic heterocycles. The summed E-state index contributed by atoms with van der Waals surface area (Å²) in [6, 6.07) is 4.91. The van der Waals surface area contributed by atoms with Gasteiger partial charge < -0.3 is 19.1 Å². The molecule has 0 fully saturated rings. The van der Waals surface area contributed by atoms with E-state index in [0.29, 0.717) is 23.0 Å². The standard InChI is InChI=1S/C15H20N2O4/c1-15(2,3)12(20-5)13-16-14(21-17-13)9-6-7-11(19-4)10(18)8-9/h6-8,12,18H,1-5H3. The molecular weight excluding hydrogens is 272 g/mol. The molecule has 0 aliphatic heterocycles. The smallest absolute Gasteiger partial charge is 0.258 e. The van der Waals surface area contributed by atoms with Gasteiger partial charge in [-0.25, -0.2) is 0 Å². The number of aromatic hydroxyl groups is 1. The summed E-state index contributed by atoms with van der Waals surface area (Å²) in [7, 11) is 3.11. The zero-order chi connectivity index (χ0) is 15.6. The Morgan fingerprint density at radius 3 is 2.48 bits per heavy atom. The fourth-order valence-corrected chi connectivity index (χ4v) is 2.13. The Labute approximate surface area is 123 Å². The maximum Gasteiger partial charge on any atom is 0.258 e. The van der Waals surface area contributed by atoms with Crippen LogP contribution in [0.1, 0.15) is 32.7 Å². The second kappa shape index (κ2) is 5.73. The Bertz CT molecular complexity index is 616. The molecule has 0 aliphatic rings. The molecule has 21 heavy (non-hydrogen) atoms. The lowest BCUT2D eigenvalue weighted by molar-refractivity contribution is 0.00718. The Hall–Kier alpha value is -2.08. The molecule has 1 N–H and O–H groups in total. The molecule has 0 aliphatic carbocycles. The first-order valence-electron chi connectivity index (χ1n) is 6.60. The third-order valence-electron chi connectivity index (χ3n) is 3.12. The Morgan fingerprint density at radius 1 is 1.24 bits per heavy atom. The highest BCUT2D eigenvalue weighted by molar-refractivity contribution is 5.59. The number of hydrogen-bond acceptors (Lipinski definition) is 6. The third kappa shape index (κ3) is 3.16. The van der Waals surface area contributed by atoms with E-state index < -0.39 is 0 Å². The molecule has 0 amide bonds. The molecule has 0 radical (unpaired) electrons. The molecule has 6 nitrogen and oxygen atoms in total. The Morgan fingerprint density at radius 2 is 1.95 bits per heavy atom. The predicted octanol–water partition coefficient (Wildman–Crippen LogP) is 3.18. The van der Waals surface area contributed by atoms with Gasteiger partial charge >= 0.3 is 0 Å². The van der Waals surface area contributed by atoms with E-state index >= 15 is 0 Å². The number of methoxy groups -OCH3 is 2. The zero-order valence-electron chi connectivity index (χ0n) is 12.9. The molecule has 2 aromatic rings. The predicted molar refractivity (Wildman–Crippen MR) is 77.2 cm³/mol. The van der Waals surface area contributed by atoms with E-state index in [1.165, 1.54) is 13.2 Å². The molecule has 1 unspecified atom stereocenters. The van der Waals surface area contributed by atoms with Crippen LogP contribution in [0.5, 0.6) is 11.5 Å². The molecule has 6 heteroatoms. The van der Waals surface area contributed by atoms with Crippen molar-refractivity contribution >= 4 is 0 Å². The summed E-state index contributed by atoms with van der Waals surface area (Å²) in [5.74, 6) is 1.22. The van der Waals surface area contributed by atoms with Gasteiger partial charge in [-0.05, 0) is 23.6 Å². The van der Waals surface area contributed by atoms with Crippen LogP contribution in [0.3, 0.4) is 0 Å². The number of rotatable bonds is 4. The summed E-state index contributed by atoms with van der Waals surface area (Å²) in [5.41, 5.74) is 0.466. The van der Waals surface area contributed by atoms with E-state index in [1.54, 1.807) is 19.2 Å². The molecule has 1 heterocycles. The van der Waals surface area contributed by atoms with Gasteiger partial charge in [0.15, 0.2) is 11.5 Å². The lowest BCUT2D eigenvalue weighted by atomic mass is 9.88. The first-order chi connectivity index (χ1) is 9.86. The molecule has 0 bridgehead atoms. The number of hydrogen-bond donors (Lipinski definition) is 1. The maximum atomic E-state index is 9.80. The van der Waals surface area contributed by atoms with Gasteiger partial charge in [0.1, 0.15) is 6.10 Å². The van der Waals surface area contributed by atoms with E-state index in [1.807, 2.05) is 20.8 Å². The minimum absolute atomic E-state index is 0.0221. The van der Waals surface area contributed by atoms with Crippen molar-refractivity contribution in [1.29, 1.82) is 0 Å². The zero-order valence-corrected chi connectivity index (χ0v) is 12.9. The highest BCUT2D eigenvalue weighted by atomic mass is 16.5. The van der Waals surface area contributed by atoms with E-state index in [4.69, 9.17) is 14.0 Å². The van der Waals surface area contributed by atoms with Gasteiger partial charge in [-0.2, -0.15) is 4.98 Å². The second-order valence-electron chi connectivity index (χ2n) is 5.83. The number of phenols is 1. The van der Waals surface area contributed by atoms with Crippen molar-refractivity contribution in [1.82, 2.24) is 10.1 Å². The first kappa shape index (κ1) is 15.3. The van der Waals surface area contributed by atoms with Crippen molar-refractivity contribution < 1.29 is 19.1 Å². The second-order valence-corrected chi connectivity index (χ2v) is 5.83. The minimum atomic E-state index is -0.276. The van der Waals surface area contributed by atoms with Crippen molar-refractivity contribution in [2.45, 2.75) is 26.9 Å². The monoisotopic (exact) mass is 292 g/mol. The lowest BCUT2D eigenvalue weighted by Gasteiger charge is -2.26. The Balaban J connectivity index is 2.33. The van der Waals surface area contributed by atoms with Gasteiger partial charge in [0, 0.05) is 12.7 Å². The fourth-order valence-electron chi connectivity index (χ4n) is 2.13. The summed E-state index contributed by atoms with van der Waals surface area (Å²) in [6.45, 7) is 6.11. The summed E-state index contributed by atoms with van der Waals surface area (Å²) in [5, 5.41) is 13.8. The Kier molecular flexibility index (Phi) is 4.18. The van der Waals surface area contributed by atoms with Crippen molar-refractivity contribution in [2.24, 2.45) is 5.41 Å². The highest BCUT2D eigenvalue weighted by Crippen LogP contribution is 2.35. The topological polar surface area (TPSA) is 77.6 Å². The van der Waals surface area contributed by atoms with Crippen molar-refractivity contribution in [3.8, 4) is 23.0 Å². The quantitative estimate of drug-likeness (QED) is 0.932. The van der Waals surface area contributed by atoms with E-state index in [9.17, 15) is 5.11 Å². The van der Waals surface area contributed by atoms with Crippen LogP contribution in [0.4, 0.5) is 0 Å². The molecule has 1 aromatic carbocycles. The summed E-state index contributed by atoms with van der Waals surface area (Å²) in [4.78, 5) is 4.36. The highest BCUT2D eigenvalue weighted by Gasteiger charge is 2.30. The maximum absolute atomic E-state index is 9.80. The molecule has 0 saturated carbocycles. The van der Waals surface area contributed by atoms with Crippen LogP contribution in [0.15, 0.2) is 22.7 Å². The van der Waals surface area contributed by atoms with Gasteiger partial charge in [0.05, 0.1) is 7.11 Å². The van der Waals surface area contributed by atoms with Gasteiger partial charge in [-0.1, -0.05) is 25.9 Å². The number of aromatic nitrogens is 2. The van der Waals surface area contributed by atoms with Crippen LogP contribution in [0, 0.1) is 5.41 Å². The van der Waals surface area contributed by atoms with Gasteiger partial charge in [-0.3, -0.25) is 0 Å². The van der Waals surface area contributed by atoms with Crippen molar-refractivity contribution in [2.75, 3.05) is 14.2 Å². The fraction of sp³-hybridized carbons (Fsp3) is 0.467. The molecule has 114 valence electrons. The summed E-state index contributed by atoms with van der Waals surface area (Å²) < 4.78 is 15.7. The van der Waals surface area contributed by atoms with Gasteiger partial charge in [-0.15, -0.1) is 0 Å². The van der Waals surface area contributed by atoms with E-state index in [2.05, 4.69) is 10.1 Å². The normalized spacial score (nSPS) is 13.2. The molecular formula is C15H20N2O4. The molecule has 0 saturated heterocycles. The largest absolute Gasteiger partial charge is 0.504 e. The van der Waals surface area contributed by atoms with Crippen LogP contribution < -0.4 is 4.74 Å². The number of benzene rings is 1. The van der Waals surface area contributed by atoms with Crippen LogP contribution in [0.25, 0.3) is 11.5 Å². The van der Waals surface area contributed by atoms with Crippen LogP contribution in [0.2, 0.25) is 0 Å². The summed E-state index contributed by atoms with van der Waals surface area (Å²) >= 11 is 0. The van der Waals surface area contributed by atoms with Crippen molar-refractivity contribution in [3.63, 3.8) is 0 Å². The average molecular weight is 292 g/mol. The number of nitrogens with zero attached hydrogens (tertiary/aromatic N) is 2. The lowest BCUT2D eigenvalue weighted by Crippen LogP contribution is -2.21. The SMILES string of the molecule is COc1ccc(-c2nc(C(OC)C(C)(C)C)no2)cc1O. The van der Waals surface area contributed by atoms with Gasteiger partial charge in [0.25, 0.3) is 5.89 Å². The van der Waals surface area contributed by atoms with Crippen molar-refractivity contribution in [3.05, 3.63) is 24.0 Å². The van der Waals surface area contributed by atoms with Crippen LogP contribution in [-0.2, 0) is 4.74 Å². The number of phenolic OH excluding ortho intramolecular Hbond substituents is 1. The van der Waals surface area contributed by atoms with Crippen LogP contribution >= 0.6 is 0 Å². The molecule has 1 atom stereocenters. The van der Waals surface area contributed by atoms with Crippen LogP contribution in [-0.4, -0.2) is 29.5 Å². The molecule has 0 spiro atoms. The minimum Gasteiger partial charge on any atom is -0.504 e. The van der Waals surface area contributed by atoms with E-state index in [0.717, 1.165) is 0 Å². The number of ether oxygens (including phenoxy) is 2. The average Bonchev–Trinajstić information content (AvgIpc) is 2.87.